The highest BCUT2D eigenvalue weighted by Crippen LogP contribution is 2.24. The molecular formula is C14H16N4OS. The summed E-state index contributed by atoms with van der Waals surface area (Å²) in [5, 5.41) is 4.93. The van der Waals surface area contributed by atoms with E-state index >= 15 is 0 Å². The first kappa shape index (κ1) is 14.4. The average Bonchev–Trinajstić information content (AvgIpc) is 2.88. The highest BCUT2D eigenvalue weighted by Gasteiger charge is 2.05. The van der Waals surface area contributed by atoms with Crippen LogP contribution in [0.3, 0.4) is 0 Å². The predicted octanol–water partition coefficient (Wildman–Crippen LogP) is 1.43. The minimum Gasteiger partial charge on any atom is -0.495 e. The van der Waals surface area contributed by atoms with Gasteiger partial charge in [-0.1, -0.05) is 29.7 Å². The number of methoxy groups -OCH3 is 1. The number of nitrogens with zero attached hydrogens (tertiary/aromatic N) is 3. The van der Waals surface area contributed by atoms with Gasteiger partial charge in [0.15, 0.2) is 5.16 Å². The zero-order valence-corrected chi connectivity index (χ0v) is 12.3. The number of hydrogen-bond acceptors (Lipinski definition) is 5. The number of aromatic nitrogens is 3. The molecule has 0 saturated heterocycles. The lowest BCUT2D eigenvalue weighted by Crippen LogP contribution is -1.95. The van der Waals surface area contributed by atoms with E-state index in [0.29, 0.717) is 6.54 Å². The van der Waals surface area contributed by atoms with E-state index < -0.39 is 0 Å². The maximum absolute atomic E-state index is 5.41. The lowest BCUT2D eigenvalue weighted by atomic mass is 10.1. The van der Waals surface area contributed by atoms with Crippen molar-refractivity contribution in [1.82, 2.24) is 14.8 Å². The van der Waals surface area contributed by atoms with Gasteiger partial charge >= 0.3 is 0 Å². The van der Waals surface area contributed by atoms with Crippen LogP contribution in [0.25, 0.3) is 0 Å². The SMILES string of the molecule is COc1ccc(CSc2ncnn2C)cc1C#CCN. The Morgan fingerprint density at radius 1 is 1.45 bits per heavy atom. The lowest BCUT2D eigenvalue weighted by Gasteiger charge is -2.06. The fourth-order valence-electron chi connectivity index (χ4n) is 1.65. The van der Waals surface area contributed by atoms with Crippen LogP contribution in [0.15, 0.2) is 29.7 Å². The van der Waals surface area contributed by atoms with Crippen LogP contribution in [0.5, 0.6) is 5.75 Å². The third-order valence-electron chi connectivity index (χ3n) is 2.63. The molecule has 2 aromatic rings. The number of rotatable bonds is 4. The van der Waals surface area contributed by atoms with Gasteiger partial charge in [0, 0.05) is 12.8 Å². The first-order valence-corrected chi connectivity index (χ1v) is 7.05. The summed E-state index contributed by atoms with van der Waals surface area (Å²) in [4.78, 5) is 4.18. The van der Waals surface area contributed by atoms with Gasteiger partial charge in [-0.2, -0.15) is 5.10 Å². The number of thioether (sulfide) groups is 1. The number of benzene rings is 1. The van der Waals surface area contributed by atoms with E-state index in [-0.39, 0.29) is 0 Å². The molecule has 1 aromatic heterocycles. The van der Waals surface area contributed by atoms with Gasteiger partial charge in [0.05, 0.1) is 19.2 Å². The van der Waals surface area contributed by atoms with Crippen molar-refractivity contribution >= 4 is 11.8 Å². The topological polar surface area (TPSA) is 66.0 Å². The van der Waals surface area contributed by atoms with Gasteiger partial charge in [-0.25, -0.2) is 9.67 Å². The molecule has 2 rings (SSSR count). The Morgan fingerprint density at radius 2 is 2.30 bits per heavy atom. The van der Waals surface area contributed by atoms with Crippen LogP contribution < -0.4 is 10.5 Å². The smallest absolute Gasteiger partial charge is 0.186 e. The van der Waals surface area contributed by atoms with E-state index in [1.54, 1.807) is 29.9 Å². The van der Waals surface area contributed by atoms with Crippen molar-refractivity contribution in [3.05, 3.63) is 35.7 Å². The molecule has 0 unspecified atom stereocenters. The number of hydrogen-bond donors (Lipinski definition) is 1. The van der Waals surface area contributed by atoms with Gasteiger partial charge in [-0.05, 0) is 17.7 Å². The van der Waals surface area contributed by atoms with Crippen LogP contribution in [-0.2, 0) is 12.8 Å². The van der Waals surface area contributed by atoms with Gasteiger partial charge in [0.2, 0.25) is 0 Å². The maximum atomic E-state index is 5.41. The Labute approximate surface area is 122 Å². The Kier molecular flexibility index (Phi) is 5.04. The molecule has 0 radical (unpaired) electrons. The van der Waals surface area contributed by atoms with Crippen LogP contribution in [-0.4, -0.2) is 28.4 Å². The molecule has 0 fully saturated rings. The third-order valence-corrected chi connectivity index (χ3v) is 3.73. The van der Waals surface area contributed by atoms with E-state index in [9.17, 15) is 0 Å². The molecule has 0 amide bonds. The normalized spacial score (nSPS) is 9.95. The summed E-state index contributed by atoms with van der Waals surface area (Å²) in [7, 11) is 3.51. The first-order chi connectivity index (χ1) is 9.74. The maximum Gasteiger partial charge on any atom is 0.186 e. The van der Waals surface area contributed by atoms with Gasteiger partial charge in [-0.15, -0.1) is 0 Å². The van der Waals surface area contributed by atoms with Crippen molar-refractivity contribution in [3.8, 4) is 17.6 Å². The molecular weight excluding hydrogens is 272 g/mol. The number of nitrogens with two attached hydrogens (primary N) is 1. The average molecular weight is 288 g/mol. The molecule has 0 spiro atoms. The summed E-state index contributed by atoms with van der Waals surface area (Å²) >= 11 is 1.63. The van der Waals surface area contributed by atoms with E-state index in [1.807, 2.05) is 25.2 Å². The van der Waals surface area contributed by atoms with Crippen LogP contribution in [0, 0.1) is 11.8 Å². The van der Waals surface area contributed by atoms with Crippen molar-refractivity contribution in [2.45, 2.75) is 10.9 Å². The van der Waals surface area contributed by atoms with E-state index in [1.165, 1.54) is 0 Å². The molecule has 0 saturated carbocycles. The van der Waals surface area contributed by atoms with Crippen molar-refractivity contribution in [3.63, 3.8) is 0 Å². The van der Waals surface area contributed by atoms with Crippen molar-refractivity contribution in [2.24, 2.45) is 12.8 Å². The highest BCUT2D eigenvalue weighted by molar-refractivity contribution is 7.98. The summed E-state index contributed by atoms with van der Waals surface area (Å²) in [6, 6.07) is 5.97. The highest BCUT2D eigenvalue weighted by atomic mass is 32.2. The monoisotopic (exact) mass is 288 g/mol. The van der Waals surface area contributed by atoms with Crippen molar-refractivity contribution < 1.29 is 4.74 Å². The molecule has 6 heteroatoms. The van der Waals surface area contributed by atoms with Gasteiger partial charge in [0.25, 0.3) is 0 Å². The van der Waals surface area contributed by atoms with E-state index in [4.69, 9.17) is 10.5 Å². The zero-order valence-electron chi connectivity index (χ0n) is 11.5. The zero-order chi connectivity index (χ0) is 14.4. The largest absolute Gasteiger partial charge is 0.495 e. The fraction of sp³-hybridized carbons (Fsp3) is 0.286. The number of aryl methyl sites for hydroxylation is 1. The molecule has 20 heavy (non-hydrogen) atoms. The van der Waals surface area contributed by atoms with Gasteiger partial charge in [-0.3, -0.25) is 0 Å². The minimum atomic E-state index is 0.334. The van der Waals surface area contributed by atoms with Crippen LogP contribution in [0.2, 0.25) is 0 Å². The Hall–Kier alpha value is -1.97. The van der Waals surface area contributed by atoms with E-state index in [2.05, 4.69) is 21.9 Å². The minimum absolute atomic E-state index is 0.334. The molecule has 0 bridgehead atoms. The second kappa shape index (κ2) is 6.98. The Balaban J connectivity index is 2.14. The van der Waals surface area contributed by atoms with Gasteiger partial charge in [0.1, 0.15) is 12.1 Å². The van der Waals surface area contributed by atoms with Crippen molar-refractivity contribution in [2.75, 3.05) is 13.7 Å². The molecule has 0 aliphatic heterocycles. The second-order valence-electron chi connectivity index (χ2n) is 4.00. The first-order valence-electron chi connectivity index (χ1n) is 6.07. The molecule has 0 aliphatic rings. The van der Waals surface area contributed by atoms with E-state index in [0.717, 1.165) is 27.8 Å². The quantitative estimate of drug-likeness (QED) is 0.681. The summed E-state index contributed by atoms with van der Waals surface area (Å²) in [6.45, 7) is 0.334. The lowest BCUT2D eigenvalue weighted by molar-refractivity contribution is 0.413. The molecule has 0 atom stereocenters. The summed E-state index contributed by atoms with van der Waals surface area (Å²) < 4.78 is 7.04. The molecule has 1 heterocycles. The molecule has 2 N–H and O–H groups in total. The van der Waals surface area contributed by atoms with Crippen LogP contribution >= 0.6 is 11.8 Å². The van der Waals surface area contributed by atoms with Gasteiger partial charge < -0.3 is 10.5 Å². The fourth-order valence-corrected chi connectivity index (χ4v) is 2.48. The summed E-state index contributed by atoms with van der Waals surface area (Å²) in [5.41, 5.74) is 7.42. The molecule has 104 valence electrons. The number of ether oxygens (including phenoxy) is 1. The summed E-state index contributed by atoms with van der Waals surface area (Å²) in [5.74, 6) is 7.44. The molecule has 1 aromatic carbocycles. The Morgan fingerprint density at radius 3 is 2.95 bits per heavy atom. The third kappa shape index (κ3) is 3.53. The Bertz CT molecular complexity index is 642. The second-order valence-corrected chi connectivity index (χ2v) is 4.94. The predicted molar refractivity (Wildman–Crippen MR) is 79.5 cm³/mol. The van der Waals surface area contributed by atoms with Crippen molar-refractivity contribution in [1.29, 1.82) is 0 Å². The molecule has 0 aliphatic carbocycles. The summed E-state index contributed by atoms with van der Waals surface area (Å²) in [6.07, 6.45) is 1.55. The standard InChI is InChI=1S/C14H16N4OS/c1-18-14(16-10-17-18)20-9-11-5-6-13(19-2)12(8-11)4-3-7-15/h5-6,8,10H,7,9,15H2,1-2H3. The molecule has 5 nitrogen and oxygen atoms in total. The van der Waals surface area contributed by atoms with Crippen LogP contribution in [0.4, 0.5) is 0 Å². The van der Waals surface area contributed by atoms with Crippen LogP contribution in [0.1, 0.15) is 11.1 Å².